The van der Waals surface area contributed by atoms with Gasteiger partial charge in [-0.15, -0.1) is 4.37 Å². The number of amides is 2. The Hall–Kier alpha value is -3.56. The number of nitrogens with one attached hydrogen (secondary N) is 1. The Kier molecular flexibility index (Phi) is 7.23. The second-order valence-electron chi connectivity index (χ2n) is 7.74. The van der Waals surface area contributed by atoms with Gasteiger partial charge in [0.2, 0.25) is 5.82 Å². The molecule has 2 aromatic heterocycles. The van der Waals surface area contributed by atoms with Gasteiger partial charge in [0.1, 0.15) is 6.61 Å². The van der Waals surface area contributed by atoms with E-state index < -0.39 is 35.2 Å². The number of carbonyl (C=O) groups excluding carboxylic acids is 1. The standard InChI is InChI=1S/C20H19F6N7O2S/c21-19(22,23)13-9-14(20(24,25)26)11-15(10-13)28-18(34)33-5-3-32(4-6-33)16-17(30-36-29-16)35-8-7-31-2-1-27-12-31/h1-2,9-12H,3-8H2,(H,28,34). The molecule has 4 rings (SSSR count). The van der Waals surface area contributed by atoms with Crippen molar-refractivity contribution < 1.29 is 35.9 Å². The van der Waals surface area contributed by atoms with Gasteiger partial charge in [0, 0.05) is 44.3 Å². The second kappa shape index (κ2) is 10.2. The summed E-state index contributed by atoms with van der Waals surface area (Å²) in [6.07, 6.45) is -4.93. The molecule has 9 nitrogen and oxygen atoms in total. The van der Waals surface area contributed by atoms with Crippen molar-refractivity contribution in [2.75, 3.05) is 43.0 Å². The van der Waals surface area contributed by atoms with Crippen LogP contribution in [0.3, 0.4) is 0 Å². The number of hydrogen-bond donors (Lipinski definition) is 1. The number of piperazine rings is 1. The maximum absolute atomic E-state index is 13.1. The lowest BCUT2D eigenvalue weighted by molar-refractivity contribution is -0.143. The van der Waals surface area contributed by atoms with Gasteiger partial charge >= 0.3 is 18.4 Å². The molecule has 2 amide bonds. The molecule has 1 aliphatic heterocycles. The first-order valence-electron chi connectivity index (χ1n) is 10.5. The highest BCUT2D eigenvalue weighted by atomic mass is 32.1. The molecular formula is C20H19F6N7O2S. The van der Waals surface area contributed by atoms with E-state index in [0.29, 0.717) is 50.1 Å². The van der Waals surface area contributed by atoms with Crippen LogP contribution in [-0.4, -0.2) is 62.0 Å². The molecule has 194 valence electrons. The van der Waals surface area contributed by atoms with Crippen molar-refractivity contribution in [1.29, 1.82) is 0 Å². The third-order valence-corrected chi connectivity index (χ3v) is 5.80. The minimum atomic E-state index is -5.01. The summed E-state index contributed by atoms with van der Waals surface area (Å²) < 4.78 is 94.3. The van der Waals surface area contributed by atoms with Crippen molar-refractivity contribution in [3.63, 3.8) is 0 Å². The molecular weight excluding hydrogens is 516 g/mol. The third-order valence-electron chi connectivity index (χ3n) is 5.30. The van der Waals surface area contributed by atoms with E-state index in [4.69, 9.17) is 4.74 Å². The smallest absolute Gasteiger partial charge is 0.416 e. The van der Waals surface area contributed by atoms with E-state index in [1.807, 2.05) is 9.47 Å². The molecule has 1 N–H and O–H groups in total. The maximum Gasteiger partial charge on any atom is 0.416 e. The minimum Gasteiger partial charge on any atom is -0.473 e. The fourth-order valence-electron chi connectivity index (χ4n) is 3.48. The van der Waals surface area contributed by atoms with Crippen LogP contribution in [0, 0.1) is 0 Å². The molecule has 0 atom stereocenters. The summed E-state index contributed by atoms with van der Waals surface area (Å²) in [7, 11) is 0. The van der Waals surface area contributed by atoms with Crippen LogP contribution in [0.25, 0.3) is 0 Å². The SMILES string of the molecule is O=C(Nc1cc(C(F)(F)F)cc(C(F)(F)F)c1)N1CCN(c2nsnc2OCCn2ccnc2)CC1. The summed E-state index contributed by atoms with van der Waals surface area (Å²) >= 11 is 0.961. The van der Waals surface area contributed by atoms with Crippen LogP contribution in [0.5, 0.6) is 5.88 Å². The number of urea groups is 1. The number of benzene rings is 1. The zero-order valence-corrected chi connectivity index (χ0v) is 19.2. The van der Waals surface area contributed by atoms with Crippen molar-refractivity contribution in [2.24, 2.45) is 0 Å². The number of alkyl halides is 6. The van der Waals surface area contributed by atoms with E-state index in [1.54, 1.807) is 18.7 Å². The summed E-state index contributed by atoms with van der Waals surface area (Å²) in [6.45, 7) is 1.82. The molecule has 1 saturated heterocycles. The number of hydrogen-bond acceptors (Lipinski definition) is 7. The van der Waals surface area contributed by atoms with E-state index >= 15 is 0 Å². The molecule has 0 radical (unpaired) electrons. The van der Waals surface area contributed by atoms with E-state index in [2.05, 4.69) is 19.0 Å². The highest BCUT2D eigenvalue weighted by Crippen LogP contribution is 2.37. The first-order valence-corrected chi connectivity index (χ1v) is 11.3. The molecule has 3 heterocycles. The number of aromatic nitrogens is 4. The average Bonchev–Trinajstić information content (AvgIpc) is 3.50. The molecule has 3 aromatic rings. The zero-order valence-electron chi connectivity index (χ0n) is 18.4. The molecule has 1 aromatic carbocycles. The lowest BCUT2D eigenvalue weighted by Crippen LogP contribution is -2.50. The van der Waals surface area contributed by atoms with Crippen molar-refractivity contribution in [3.05, 3.63) is 48.0 Å². The van der Waals surface area contributed by atoms with E-state index in [-0.39, 0.29) is 19.2 Å². The van der Waals surface area contributed by atoms with E-state index in [9.17, 15) is 31.1 Å². The van der Waals surface area contributed by atoms with Gasteiger partial charge in [0.25, 0.3) is 5.88 Å². The maximum atomic E-state index is 13.1. The summed E-state index contributed by atoms with van der Waals surface area (Å²) in [4.78, 5) is 19.7. The van der Waals surface area contributed by atoms with Crippen LogP contribution in [0.4, 0.5) is 42.6 Å². The Labute approximate surface area is 204 Å². The van der Waals surface area contributed by atoms with Gasteiger partial charge in [0.15, 0.2) is 0 Å². The van der Waals surface area contributed by atoms with Crippen molar-refractivity contribution in [1.82, 2.24) is 23.2 Å². The number of imidazole rings is 1. The summed E-state index contributed by atoms with van der Waals surface area (Å²) in [5.41, 5.74) is -3.61. The molecule has 1 aliphatic rings. The summed E-state index contributed by atoms with van der Waals surface area (Å²) in [5.74, 6) is 0.833. The monoisotopic (exact) mass is 535 g/mol. The Morgan fingerprint density at radius 3 is 2.25 bits per heavy atom. The van der Waals surface area contributed by atoms with Gasteiger partial charge in [-0.1, -0.05) is 0 Å². The van der Waals surface area contributed by atoms with Gasteiger partial charge < -0.3 is 24.4 Å². The van der Waals surface area contributed by atoms with Gasteiger partial charge in [-0.25, -0.2) is 9.78 Å². The molecule has 0 saturated carbocycles. The highest BCUT2D eigenvalue weighted by Gasteiger charge is 2.37. The normalized spacial score (nSPS) is 14.7. The van der Waals surface area contributed by atoms with Crippen LogP contribution >= 0.6 is 11.7 Å². The largest absolute Gasteiger partial charge is 0.473 e. The van der Waals surface area contributed by atoms with Crippen LogP contribution in [0.2, 0.25) is 0 Å². The number of rotatable bonds is 6. The second-order valence-corrected chi connectivity index (χ2v) is 8.27. The topological polar surface area (TPSA) is 88.4 Å². The van der Waals surface area contributed by atoms with Crippen molar-refractivity contribution in [3.8, 4) is 5.88 Å². The molecule has 0 unspecified atom stereocenters. The third kappa shape index (κ3) is 6.16. The average molecular weight is 535 g/mol. The van der Waals surface area contributed by atoms with Crippen molar-refractivity contribution >= 4 is 29.3 Å². The zero-order chi connectivity index (χ0) is 25.9. The molecule has 0 bridgehead atoms. The number of ether oxygens (including phenoxy) is 1. The lowest BCUT2D eigenvalue weighted by Gasteiger charge is -2.34. The van der Waals surface area contributed by atoms with Crippen molar-refractivity contribution in [2.45, 2.75) is 18.9 Å². The van der Waals surface area contributed by atoms with Crippen LogP contribution in [0.15, 0.2) is 36.9 Å². The fourth-order valence-corrected chi connectivity index (χ4v) is 4.00. The predicted octanol–water partition coefficient (Wildman–Crippen LogP) is 4.21. The number of nitrogens with zero attached hydrogens (tertiary/aromatic N) is 6. The molecule has 0 aliphatic carbocycles. The van der Waals surface area contributed by atoms with Crippen LogP contribution < -0.4 is 15.0 Å². The predicted molar refractivity (Wildman–Crippen MR) is 117 cm³/mol. The molecule has 1 fully saturated rings. The first kappa shape index (κ1) is 25.5. The number of halogens is 6. The van der Waals surface area contributed by atoms with Gasteiger partial charge in [0.05, 0.1) is 35.7 Å². The Balaban J connectivity index is 1.35. The first-order chi connectivity index (χ1) is 17.0. The molecule has 36 heavy (non-hydrogen) atoms. The Bertz CT molecular complexity index is 1140. The Morgan fingerprint density at radius 2 is 1.67 bits per heavy atom. The molecule has 16 heteroatoms. The Morgan fingerprint density at radius 1 is 1.00 bits per heavy atom. The number of carbonyl (C=O) groups is 1. The highest BCUT2D eigenvalue weighted by molar-refractivity contribution is 6.99. The van der Waals surface area contributed by atoms with Gasteiger partial charge in [-0.3, -0.25) is 0 Å². The number of anilines is 2. The van der Waals surface area contributed by atoms with Crippen LogP contribution in [-0.2, 0) is 18.9 Å². The van der Waals surface area contributed by atoms with Gasteiger partial charge in [-0.2, -0.15) is 30.7 Å². The fraction of sp³-hybridized carbons (Fsp3) is 0.400. The summed E-state index contributed by atoms with van der Waals surface area (Å²) in [6, 6.07) is 0.135. The lowest BCUT2D eigenvalue weighted by atomic mass is 10.1. The van der Waals surface area contributed by atoms with Crippen LogP contribution in [0.1, 0.15) is 11.1 Å². The van der Waals surface area contributed by atoms with E-state index in [1.165, 1.54) is 4.90 Å². The molecule has 0 spiro atoms. The minimum absolute atomic E-state index is 0.00536. The van der Waals surface area contributed by atoms with E-state index in [0.717, 1.165) is 11.7 Å². The van der Waals surface area contributed by atoms with Gasteiger partial charge in [-0.05, 0) is 18.2 Å². The summed E-state index contributed by atoms with van der Waals surface area (Å²) in [5, 5.41) is 2.15. The quantitative estimate of drug-likeness (QED) is 0.476.